The number of carbonyl (C=O) groups is 1. The van der Waals surface area contributed by atoms with Gasteiger partial charge in [-0.15, -0.1) is 30.3 Å². The fraction of sp³-hybridized carbons (Fsp3) is 0.571. The number of methoxy groups -OCH3 is 1. The number of aromatic nitrogens is 1. The van der Waals surface area contributed by atoms with Gasteiger partial charge >= 0.3 is 0 Å². The summed E-state index contributed by atoms with van der Waals surface area (Å²) in [6.07, 6.45) is 6.14. The summed E-state index contributed by atoms with van der Waals surface area (Å²) >= 11 is 1.60. The Balaban J connectivity index is 0.00000220. The first-order valence-electron chi connectivity index (χ1n) is 6.82. The van der Waals surface area contributed by atoms with Gasteiger partial charge < -0.3 is 10.5 Å². The van der Waals surface area contributed by atoms with E-state index in [9.17, 15) is 4.79 Å². The fourth-order valence-electron chi connectivity index (χ4n) is 2.30. The first-order chi connectivity index (χ1) is 9.67. The Bertz CT molecular complexity index is 469. The number of nitrogens with zero attached hydrogens (tertiary/aromatic N) is 2. The van der Waals surface area contributed by atoms with Crippen LogP contribution in [-0.4, -0.2) is 37.2 Å². The quantitative estimate of drug-likeness (QED) is 0.809. The van der Waals surface area contributed by atoms with Crippen LogP contribution in [0.1, 0.15) is 23.4 Å². The van der Waals surface area contributed by atoms with Crippen molar-refractivity contribution in [1.29, 1.82) is 0 Å². The van der Waals surface area contributed by atoms with Gasteiger partial charge in [0.05, 0.1) is 12.3 Å². The topological polar surface area (TPSA) is 68.5 Å². The van der Waals surface area contributed by atoms with Gasteiger partial charge in [0, 0.05) is 18.5 Å². The highest BCUT2D eigenvalue weighted by molar-refractivity contribution is 7.16. The van der Waals surface area contributed by atoms with Crippen molar-refractivity contribution in [2.24, 2.45) is 5.73 Å². The highest BCUT2D eigenvalue weighted by atomic mass is 35.5. The molecule has 7 heteroatoms. The predicted octanol–water partition coefficient (Wildman–Crippen LogP) is 1.94. The first-order valence-corrected chi connectivity index (χ1v) is 7.64. The van der Waals surface area contributed by atoms with Crippen molar-refractivity contribution >= 4 is 34.8 Å². The molecule has 5 nitrogen and oxygen atoms in total. The van der Waals surface area contributed by atoms with Gasteiger partial charge in [-0.2, -0.15) is 0 Å². The van der Waals surface area contributed by atoms with Crippen LogP contribution in [0.15, 0.2) is 12.7 Å². The number of anilines is 1. The number of hydrogen-bond donors (Lipinski definition) is 1. The SMILES string of the molecule is C=CCN(C(=O)C(N)COC)c1nc2c(s1)CCCC2.Cl. The molecule has 1 aromatic heterocycles. The first kappa shape index (κ1) is 18.1. The molecule has 1 aliphatic carbocycles. The average Bonchev–Trinajstić information content (AvgIpc) is 2.87. The van der Waals surface area contributed by atoms with Gasteiger partial charge in [0.15, 0.2) is 5.13 Å². The lowest BCUT2D eigenvalue weighted by atomic mass is 10.0. The Kier molecular flexibility index (Phi) is 7.31. The minimum atomic E-state index is -0.666. The number of carbonyl (C=O) groups excluding carboxylic acids is 1. The molecule has 0 spiro atoms. The molecule has 0 bridgehead atoms. The Labute approximate surface area is 135 Å². The van der Waals surface area contributed by atoms with Gasteiger partial charge in [-0.05, 0) is 25.7 Å². The van der Waals surface area contributed by atoms with Crippen LogP contribution < -0.4 is 10.6 Å². The van der Waals surface area contributed by atoms with E-state index in [1.165, 1.54) is 24.8 Å². The number of ether oxygens (including phenoxy) is 1. The van der Waals surface area contributed by atoms with Crippen LogP contribution in [-0.2, 0) is 22.4 Å². The maximum Gasteiger partial charge on any atom is 0.248 e. The second-order valence-corrected chi connectivity index (χ2v) is 5.93. The van der Waals surface area contributed by atoms with Gasteiger partial charge in [-0.25, -0.2) is 4.98 Å². The Morgan fingerprint density at radius 1 is 1.57 bits per heavy atom. The molecular formula is C14H22ClN3O2S. The lowest BCUT2D eigenvalue weighted by Gasteiger charge is -2.21. The molecule has 0 saturated carbocycles. The summed E-state index contributed by atoms with van der Waals surface area (Å²) in [5, 5.41) is 0.730. The summed E-state index contributed by atoms with van der Waals surface area (Å²) in [5.74, 6) is -0.169. The third-order valence-electron chi connectivity index (χ3n) is 3.31. The number of halogens is 1. The molecule has 118 valence electrons. The number of fused-ring (bicyclic) bond motifs is 1. The van der Waals surface area contributed by atoms with E-state index < -0.39 is 6.04 Å². The molecule has 1 unspecified atom stereocenters. The number of aryl methyl sites for hydroxylation is 2. The van der Waals surface area contributed by atoms with E-state index in [1.54, 1.807) is 22.3 Å². The Morgan fingerprint density at radius 2 is 2.29 bits per heavy atom. The largest absolute Gasteiger partial charge is 0.383 e. The van der Waals surface area contributed by atoms with Gasteiger partial charge in [-0.3, -0.25) is 9.69 Å². The third kappa shape index (κ3) is 4.26. The summed E-state index contributed by atoms with van der Waals surface area (Å²) in [4.78, 5) is 19.9. The molecule has 0 aliphatic heterocycles. The zero-order chi connectivity index (χ0) is 14.5. The Morgan fingerprint density at radius 3 is 2.90 bits per heavy atom. The molecule has 0 aromatic carbocycles. The highest BCUT2D eigenvalue weighted by Crippen LogP contribution is 2.32. The van der Waals surface area contributed by atoms with Crippen LogP contribution in [0.2, 0.25) is 0 Å². The fourth-order valence-corrected chi connectivity index (χ4v) is 3.46. The second kappa shape index (κ2) is 8.48. The highest BCUT2D eigenvalue weighted by Gasteiger charge is 2.26. The van der Waals surface area contributed by atoms with Gasteiger partial charge in [0.1, 0.15) is 6.04 Å². The van der Waals surface area contributed by atoms with Crippen LogP contribution in [0.3, 0.4) is 0 Å². The van der Waals surface area contributed by atoms with E-state index >= 15 is 0 Å². The maximum atomic E-state index is 12.4. The van der Waals surface area contributed by atoms with Crippen molar-refractivity contribution in [2.45, 2.75) is 31.7 Å². The predicted molar refractivity (Wildman–Crippen MR) is 88.4 cm³/mol. The molecule has 21 heavy (non-hydrogen) atoms. The molecule has 1 atom stereocenters. The van der Waals surface area contributed by atoms with E-state index in [0.29, 0.717) is 6.54 Å². The van der Waals surface area contributed by atoms with Crippen molar-refractivity contribution in [3.8, 4) is 0 Å². The van der Waals surface area contributed by atoms with Gasteiger partial charge in [0.25, 0.3) is 0 Å². The molecule has 0 fully saturated rings. The van der Waals surface area contributed by atoms with Crippen LogP contribution in [0.5, 0.6) is 0 Å². The second-order valence-electron chi connectivity index (χ2n) is 4.87. The zero-order valence-electron chi connectivity index (χ0n) is 12.2. The molecule has 1 aliphatic rings. The van der Waals surface area contributed by atoms with Crippen molar-refractivity contribution in [2.75, 3.05) is 25.2 Å². The number of nitrogens with two attached hydrogens (primary N) is 1. The molecule has 0 saturated heterocycles. The van der Waals surface area contributed by atoms with E-state index in [2.05, 4.69) is 11.6 Å². The van der Waals surface area contributed by atoms with E-state index in [1.807, 2.05) is 0 Å². The number of amides is 1. The standard InChI is InChI=1S/C14H21N3O2S.ClH/c1-3-8-17(13(18)10(15)9-19-2)14-16-11-6-4-5-7-12(11)20-14;/h3,10H,1,4-9,15H2,2H3;1H. The number of thiazole rings is 1. The summed E-state index contributed by atoms with van der Waals surface area (Å²) in [7, 11) is 1.53. The van der Waals surface area contributed by atoms with Crippen molar-refractivity contribution in [1.82, 2.24) is 4.98 Å². The van der Waals surface area contributed by atoms with E-state index in [4.69, 9.17) is 10.5 Å². The van der Waals surface area contributed by atoms with Crippen molar-refractivity contribution in [3.63, 3.8) is 0 Å². The van der Waals surface area contributed by atoms with Crippen LogP contribution in [0.25, 0.3) is 0 Å². The van der Waals surface area contributed by atoms with Gasteiger partial charge in [-0.1, -0.05) is 6.08 Å². The van der Waals surface area contributed by atoms with Crippen LogP contribution >= 0.6 is 23.7 Å². The smallest absolute Gasteiger partial charge is 0.248 e. The van der Waals surface area contributed by atoms with Gasteiger partial charge in [0.2, 0.25) is 5.91 Å². The van der Waals surface area contributed by atoms with E-state index in [0.717, 1.165) is 23.7 Å². The summed E-state index contributed by atoms with van der Waals surface area (Å²) < 4.78 is 4.95. The van der Waals surface area contributed by atoms with Crippen molar-refractivity contribution < 1.29 is 9.53 Å². The van der Waals surface area contributed by atoms with Crippen molar-refractivity contribution in [3.05, 3.63) is 23.2 Å². The summed E-state index contributed by atoms with van der Waals surface area (Å²) in [6.45, 7) is 4.33. The molecule has 1 aromatic rings. The molecular weight excluding hydrogens is 310 g/mol. The number of rotatable bonds is 6. The minimum absolute atomic E-state index is 0. The molecule has 1 heterocycles. The number of hydrogen-bond acceptors (Lipinski definition) is 5. The molecule has 1 amide bonds. The lowest BCUT2D eigenvalue weighted by molar-refractivity contribution is -0.120. The maximum absolute atomic E-state index is 12.4. The molecule has 2 rings (SSSR count). The van der Waals surface area contributed by atoms with E-state index in [-0.39, 0.29) is 24.9 Å². The summed E-state index contributed by atoms with van der Waals surface area (Å²) in [5.41, 5.74) is 6.98. The average molecular weight is 332 g/mol. The normalized spacial score (nSPS) is 14.8. The minimum Gasteiger partial charge on any atom is -0.383 e. The lowest BCUT2D eigenvalue weighted by Crippen LogP contribution is -2.46. The Hall–Kier alpha value is -0.950. The third-order valence-corrected chi connectivity index (χ3v) is 4.49. The summed E-state index contributed by atoms with van der Waals surface area (Å²) in [6, 6.07) is -0.666. The molecule has 0 radical (unpaired) electrons. The zero-order valence-corrected chi connectivity index (χ0v) is 13.8. The molecule has 2 N–H and O–H groups in total. The monoisotopic (exact) mass is 331 g/mol. The van der Waals surface area contributed by atoms with Crippen LogP contribution in [0.4, 0.5) is 5.13 Å². The van der Waals surface area contributed by atoms with Crippen LogP contribution in [0, 0.1) is 0 Å².